The van der Waals surface area contributed by atoms with Gasteiger partial charge in [-0.1, -0.05) is 15.9 Å². The molecule has 0 N–H and O–H groups in total. The molecule has 1 aromatic rings. The van der Waals surface area contributed by atoms with E-state index in [4.69, 9.17) is 0 Å². The number of hydrogen-bond acceptors (Lipinski definition) is 2. The Bertz CT molecular complexity index is 382. The SMILES string of the molecule is Cc1cnc(N(CCBr)CC(F)(F)F)c(Br)c1. The van der Waals surface area contributed by atoms with E-state index in [1.807, 2.05) is 6.92 Å². The second-order valence-electron chi connectivity index (χ2n) is 3.54. The summed E-state index contributed by atoms with van der Waals surface area (Å²) in [6.07, 6.45) is -2.69. The first-order valence-corrected chi connectivity index (χ1v) is 6.75. The van der Waals surface area contributed by atoms with E-state index in [0.717, 1.165) is 5.56 Å². The van der Waals surface area contributed by atoms with Crippen LogP contribution in [0.3, 0.4) is 0 Å². The number of anilines is 1. The van der Waals surface area contributed by atoms with Crippen molar-refractivity contribution in [2.75, 3.05) is 23.3 Å². The minimum atomic E-state index is -4.24. The number of rotatable bonds is 4. The Hall–Kier alpha value is -0.300. The number of aromatic nitrogens is 1. The minimum absolute atomic E-state index is 0.244. The molecule has 1 heterocycles. The molecule has 1 aromatic heterocycles. The van der Waals surface area contributed by atoms with Gasteiger partial charge < -0.3 is 4.90 Å². The van der Waals surface area contributed by atoms with Gasteiger partial charge in [0.2, 0.25) is 0 Å². The smallest absolute Gasteiger partial charge is 0.346 e. The quantitative estimate of drug-likeness (QED) is 0.741. The summed E-state index contributed by atoms with van der Waals surface area (Å²) in [5, 5.41) is 0.449. The van der Waals surface area contributed by atoms with Crippen LogP contribution in [0.1, 0.15) is 5.56 Å². The largest absolute Gasteiger partial charge is 0.405 e. The van der Waals surface area contributed by atoms with E-state index in [9.17, 15) is 13.2 Å². The van der Waals surface area contributed by atoms with Crippen LogP contribution in [-0.2, 0) is 0 Å². The molecule has 7 heteroatoms. The first kappa shape index (κ1) is 14.8. The molecule has 0 aliphatic rings. The molecule has 0 saturated heterocycles. The molecule has 96 valence electrons. The lowest BCUT2D eigenvalue weighted by molar-refractivity contribution is -0.119. The van der Waals surface area contributed by atoms with Crippen LogP contribution in [0.4, 0.5) is 19.0 Å². The molecule has 0 aromatic carbocycles. The van der Waals surface area contributed by atoms with Crippen molar-refractivity contribution in [3.05, 3.63) is 22.3 Å². The van der Waals surface area contributed by atoms with E-state index in [1.165, 1.54) is 4.90 Å². The monoisotopic (exact) mass is 374 g/mol. The molecule has 0 saturated carbocycles. The van der Waals surface area contributed by atoms with Gasteiger partial charge in [0.05, 0.1) is 4.47 Å². The second-order valence-corrected chi connectivity index (χ2v) is 5.19. The van der Waals surface area contributed by atoms with E-state index in [0.29, 0.717) is 15.6 Å². The first-order chi connectivity index (χ1) is 7.83. The van der Waals surface area contributed by atoms with E-state index < -0.39 is 12.7 Å². The van der Waals surface area contributed by atoms with Gasteiger partial charge in [0.1, 0.15) is 12.4 Å². The zero-order valence-electron chi connectivity index (χ0n) is 9.06. The zero-order chi connectivity index (χ0) is 13.1. The van der Waals surface area contributed by atoms with E-state index in [1.54, 1.807) is 12.3 Å². The summed E-state index contributed by atoms with van der Waals surface area (Å²) in [6.45, 7) is 1.07. The molecule has 0 bridgehead atoms. The fraction of sp³-hybridized carbons (Fsp3) is 0.500. The molecule has 2 nitrogen and oxygen atoms in total. The number of nitrogens with zero attached hydrogens (tertiary/aromatic N) is 2. The highest BCUT2D eigenvalue weighted by Crippen LogP contribution is 2.27. The van der Waals surface area contributed by atoms with Crippen LogP contribution in [0.2, 0.25) is 0 Å². The third kappa shape index (κ3) is 4.83. The summed E-state index contributed by atoms with van der Waals surface area (Å²) in [4.78, 5) is 5.23. The van der Waals surface area contributed by atoms with Gasteiger partial charge in [-0.2, -0.15) is 13.2 Å². The van der Waals surface area contributed by atoms with Crippen LogP contribution < -0.4 is 4.90 Å². The highest BCUT2D eigenvalue weighted by Gasteiger charge is 2.31. The Morgan fingerprint density at radius 1 is 1.41 bits per heavy atom. The predicted octanol–water partition coefficient (Wildman–Crippen LogP) is 3.92. The van der Waals surface area contributed by atoms with Gasteiger partial charge in [-0.05, 0) is 34.5 Å². The minimum Gasteiger partial charge on any atom is -0.346 e. The maximum Gasteiger partial charge on any atom is 0.405 e. The Morgan fingerprint density at radius 2 is 2.06 bits per heavy atom. The van der Waals surface area contributed by atoms with Gasteiger partial charge in [0.15, 0.2) is 0 Å². The van der Waals surface area contributed by atoms with Gasteiger partial charge >= 0.3 is 6.18 Å². The predicted molar refractivity (Wildman–Crippen MR) is 68.7 cm³/mol. The Balaban J connectivity index is 2.97. The third-order valence-corrected chi connectivity index (χ3v) is 2.92. The van der Waals surface area contributed by atoms with Crippen molar-refractivity contribution in [1.82, 2.24) is 4.98 Å². The second kappa shape index (κ2) is 6.04. The van der Waals surface area contributed by atoms with E-state index >= 15 is 0 Å². The molecular weight excluding hydrogens is 365 g/mol. The van der Waals surface area contributed by atoms with Gasteiger partial charge in [0, 0.05) is 18.1 Å². The number of pyridine rings is 1. The molecule has 0 spiro atoms. The zero-order valence-corrected chi connectivity index (χ0v) is 12.2. The third-order valence-electron chi connectivity index (χ3n) is 1.98. The van der Waals surface area contributed by atoms with Crippen molar-refractivity contribution < 1.29 is 13.2 Å². The summed E-state index contributed by atoms with van der Waals surface area (Å²) >= 11 is 6.38. The Kier molecular flexibility index (Phi) is 5.24. The van der Waals surface area contributed by atoms with E-state index in [2.05, 4.69) is 36.8 Å². The highest BCUT2D eigenvalue weighted by atomic mass is 79.9. The lowest BCUT2D eigenvalue weighted by atomic mass is 10.3. The number of alkyl halides is 4. The molecule has 0 aliphatic heterocycles. The van der Waals surface area contributed by atoms with Crippen molar-refractivity contribution in [3.63, 3.8) is 0 Å². The fourth-order valence-electron chi connectivity index (χ4n) is 1.34. The maximum atomic E-state index is 12.4. The van der Waals surface area contributed by atoms with Crippen molar-refractivity contribution in [3.8, 4) is 0 Å². The number of halogens is 5. The average Bonchev–Trinajstić information content (AvgIpc) is 2.14. The van der Waals surface area contributed by atoms with E-state index in [-0.39, 0.29) is 6.54 Å². The number of hydrogen-bond donors (Lipinski definition) is 0. The van der Waals surface area contributed by atoms with Crippen LogP contribution in [0, 0.1) is 6.92 Å². The lowest BCUT2D eigenvalue weighted by Gasteiger charge is -2.25. The molecule has 1 rings (SSSR count). The Morgan fingerprint density at radius 3 is 2.53 bits per heavy atom. The van der Waals surface area contributed by atoms with Crippen LogP contribution in [0.25, 0.3) is 0 Å². The topological polar surface area (TPSA) is 16.1 Å². The maximum absolute atomic E-state index is 12.4. The molecule has 0 radical (unpaired) electrons. The van der Waals surface area contributed by atoms with Crippen molar-refractivity contribution in [2.24, 2.45) is 0 Å². The van der Waals surface area contributed by atoms with Crippen LogP contribution in [-0.4, -0.2) is 29.6 Å². The first-order valence-electron chi connectivity index (χ1n) is 4.83. The summed E-state index contributed by atoms with van der Waals surface area (Å²) in [5.74, 6) is 0.312. The molecule has 0 amide bonds. The molecule has 0 aliphatic carbocycles. The van der Waals surface area contributed by atoms with Crippen LogP contribution in [0.15, 0.2) is 16.7 Å². The van der Waals surface area contributed by atoms with Crippen LogP contribution >= 0.6 is 31.9 Å². The summed E-state index contributed by atoms with van der Waals surface area (Å²) in [6, 6.07) is 1.75. The lowest BCUT2D eigenvalue weighted by Crippen LogP contribution is -2.36. The van der Waals surface area contributed by atoms with Gasteiger partial charge in [-0.15, -0.1) is 0 Å². The normalized spacial score (nSPS) is 11.6. The number of aryl methyl sites for hydroxylation is 1. The average molecular weight is 376 g/mol. The standard InChI is InChI=1S/C10H11Br2F3N2/c1-7-4-8(12)9(16-5-7)17(3-2-11)6-10(13,14)15/h4-5H,2-3,6H2,1H3. The molecule has 0 fully saturated rings. The summed E-state index contributed by atoms with van der Waals surface area (Å²) < 4.78 is 37.8. The molecule has 17 heavy (non-hydrogen) atoms. The molecule has 0 unspecified atom stereocenters. The molecular formula is C10H11Br2F3N2. The van der Waals surface area contributed by atoms with Gasteiger partial charge in [0.25, 0.3) is 0 Å². The van der Waals surface area contributed by atoms with Gasteiger partial charge in [-0.25, -0.2) is 4.98 Å². The Labute approximate surface area is 114 Å². The van der Waals surface area contributed by atoms with Crippen molar-refractivity contribution >= 4 is 37.7 Å². The summed E-state index contributed by atoms with van der Waals surface area (Å²) in [7, 11) is 0. The molecule has 0 atom stereocenters. The van der Waals surface area contributed by atoms with Gasteiger partial charge in [-0.3, -0.25) is 0 Å². The summed E-state index contributed by atoms with van der Waals surface area (Å²) in [5.41, 5.74) is 0.895. The fourth-order valence-corrected chi connectivity index (χ4v) is 2.48. The highest BCUT2D eigenvalue weighted by molar-refractivity contribution is 9.10. The van der Waals surface area contributed by atoms with Crippen molar-refractivity contribution in [1.29, 1.82) is 0 Å². The van der Waals surface area contributed by atoms with Crippen molar-refractivity contribution in [2.45, 2.75) is 13.1 Å². The van der Waals surface area contributed by atoms with Crippen LogP contribution in [0.5, 0.6) is 0 Å².